The first-order valence-electron chi connectivity index (χ1n) is 7.63. The predicted molar refractivity (Wildman–Crippen MR) is 88.5 cm³/mol. The summed E-state index contributed by atoms with van der Waals surface area (Å²) >= 11 is 0. The van der Waals surface area contributed by atoms with Crippen molar-refractivity contribution in [2.24, 2.45) is 5.92 Å². The molecule has 0 saturated heterocycles. The highest BCUT2D eigenvalue weighted by Crippen LogP contribution is 2.21. The second-order valence-electron chi connectivity index (χ2n) is 5.67. The van der Waals surface area contributed by atoms with Crippen LogP contribution in [-0.4, -0.2) is 38.3 Å². The van der Waals surface area contributed by atoms with Crippen LogP contribution in [0.4, 0.5) is 0 Å². The third-order valence-corrected chi connectivity index (χ3v) is 5.64. The normalized spacial score (nSPS) is 12.0. The maximum atomic E-state index is 12.7. The Hall–Kier alpha value is -1.40. The summed E-state index contributed by atoms with van der Waals surface area (Å²) in [7, 11) is -3.57. The number of nitrogens with zero attached hydrogens (tertiary/aromatic N) is 1. The van der Waals surface area contributed by atoms with Crippen molar-refractivity contribution in [2.75, 3.05) is 19.6 Å². The van der Waals surface area contributed by atoms with Crippen LogP contribution in [0.5, 0.6) is 0 Å². The Balaban J connectivity index is 3.17. The molecule has 1 rings (SSSR count). The topological polar surface area (TPSA) is 66.5 Å². The van der Waals surface area contributed by atoms with Crippen LogP contribution in [0.1, 0.15) is 43.6 Å². The van der Waals surface area contributed by atoms with Gasteiger partial charge in [0, 0.05) is 25.2 Å². The molecular weight excluding hydrogens is 300 g/mol. The molecule has 0 spiro atoms. The summed E-state index contributed by atoms with van der Waals surface area (Å²) in [5, 5.41) is 2.81. The van der Waals surface area contributed by atoms with Gasteiger partial charge < -0.3 is 5.32 Å². The number of amides is 1. The largest absolute Gasteiger partial charge is 0.352 e. The number of aryl methyl sites for hydroxylation is 1. The number of benzene rings is 1. The van der Waals surface area contributed by atoms with Gasteiger partial charge in [0.25, 0.3) is 5.91 Å². The van der Waals surface area contributed by atoms with Crippen LogP contribution in [0.15, 0.2) is 23.1 Å². The molecule has 1 aromatic carbocycles. The van der Waals surface area contributed by atoms with Crippen LogP contribution in [0.25, 0.3) is 0 Å². The molecule has 0 heterocycles. The van der Waals surface area contributed by atoms with Gasteiger partial charge in [0.15, 0.2) is 0 Å². The Kier molecular flexibility index (Phi) is 6.56. The van der Waals surface area contributed by atoms with Gasteiger partial charge in [-0.2, -0.15) is 4.31 Å². The average molecular weight is 326 g/mol. The molecule has 1 amide bonds. The summed E-state index contributed by atoms with van der Waals surface area (Å²) in [6.45, 7) is 10.7. The molecule has 0 radical (unpaired) electrons. The van der Waals surface area contributed by atoms with Crippen molar-refractivity contribution in [1.82, 2.24) is 9.62 Å². The van der Waals surface area contributed by atoms with E-state index in [1.807, 2.05) is 13.8 Å². The van der Waals surface area contributed by atoms with Crippen LogP contribution in [0, 0.1) is 12.8 Å². The Morgan fingerprint density at radius 2 is 1.82 bits per heavy atom. The van der Waals surface area contributed by atoms with Crippen LogP contribution in [0.3, 0.4) is 0 Å². The highest BCUT2D eigenvalue weighted by Gasteiger charge is 2.24. The molecule has 0 fully saturated rings. The fourth-order valence-electron chi connectivity index (χ4n) is 2.12. The quantitative estimate of drug-likeness (QED) is 0.837. The van der Waals surface area contributed by atoms with Gasteiger partial charge in [0.1, 0.15) is 0 Å². The van der Waals surface area contributed by atoms with E-state index in [0.29, 0.717) is 36.7 Å². The molecular formula is C16H26N2O3S. The van der Waals surface area contributed by atoms with Gasteiger partial charge in [0.2, 0.25) is 10.0 Å². The van der Waals surface area contributed by atoms with Crippen LogP contribution >= 0.6 is 0 Å². The molecule has 0 aliphatic carbocycles. The molecule has 124 valence electrons. The Labute approximate surface area is 133 Å². The molecule has 1 N–H and O–H groups in total. The first-order valence-corrected chi connectivity index (χ1v) is 9.07. The molecule has 0 atom stereocenters. The molecule has 5 nitrogen and oxygen atoms in total. The van der Waals surface area contributed by atoms with E-state index in [9.17, 15) is 13.2 Å². The monoisotopic (exact) mass is 326 g/mol. The fraction of sp³-hybridized carbons (Fsp3) is 0.562. The maximum Gasteiger partial charge on any atom is 0.251 e. The van der Waals surface area contributed by atoms with E-state index in [0.717, 1.165) is 0 Å². The summed E-state index contributed by atoms with van der Waals surface area (Å²) in [6, 6.07) is 4.81. The minimum absolute atomic E-state index is 0.202. The number of nitrogens with one attached hydrogen (secondary N) is 1. The molecule has 0 aliphatic rings. The number of hydrogen-bond donors (Lipinski definition) is 1. The van der Waals surface area contributed by atoms with E-state index in [4.69, 9.17) is 0 Å². The lowest BCUT2D eigenvalue weighted by molar-refractivity contribution is 0.0949. The van der Waals surface area contributed by atoms with Crippen molar-refractivity contribution in [1.29, 1.82) is 0 Å². The van der Waals surface area contributed by atoms with Crippen molar-refractivity contribution in [2.45, 2.75) is 39.5 Å². The van der Waals surface area contributed by atoms with E-state index in [-0.39, 0.29) is 10.8 Å². The molecule has 6 heteroatoms. The number of carbonyl (C=O) groups excluding carboxylic acids is 1. The smallest absolute Gasteiger partial charge is 0.251 e. The molecule has 0 aliphatic heterocycles. The summed E-state index contributed by atoms with van der Waals surface area (Å²) < 4.78 is 26.7. The lowest BCUT2D eigenvalue weighted by Crippen LogP contribution is -2.32. The Morgan fingerprint density at radius 3 is 2.32 bits per heavy atom. The number of rotatable bonds is 7. The van der Waals surface area contributed by atoms with E-state index in [1.54, 1.807) is 32.9 Å². The van der Waals surface area contributed by atoms with E-state index < -0.39 is 10.0 Å². The van der Waals surface area contributed by atoms with Crippen molar-refractivity contribution < 1.29 is 13.2 Å². The van der Waals surface area contributed by atoms with E-state index in [2.05, 4.69) is 5.32 Å². The number of sulfonamides is 1. The van der Waals surface area contributed by atoms with E-state index >= 15 is 0 Å². The van der Waals surface area contributed by atoms with Gasteiger partial charge in [0.05, 0.1) is 4.90 Å². The van der Waals surface area contributed by atoms with Gasteiger partial charge >= 0.3 is 0 Å². The fourth-order valence-corrected chi connectivity index (χ4v) is 3.83. The first-order chi connectivity index (χ1) is 10.2. The summed E-state index contributed by atoms with van der Waals surface area (Å²) in [6.07, 6.45) is 0. The van der Waals surface area contributed by atoms with Gasteiger partial charge in [-0.1, -0.05) is 33.8 Å². The molecule has 0 unspecified atom stereocenters. The van der Waals surface area contributed by atoms with Crippen LogP contribution in [0.2, 0.25) is 0 Å². The lowest BCUT2D eigenvalue weighted by atomic mass is 10.1. The van der Waals surface area contributed by atoms with Gasteiger partial charge in [-0.25, -0.2) is 8.42 Å². The zero-order valence-electron chi connectivity index (χ0n) is 14.0. The zero-order valence-corrected chi connectivity index (χ0v) is 14.8. The van der Waals surface area contributed by atoms with Crippen LogP contribution in [-0.2, 0) is 10.0 Å². The minimum atomic E-state index is -3.57. The highest BCUT2D eigenvalue weighted by atomic mass is 32.2. The standard InChI is InChI=1S/C16H26N2O3S/c1-6-18(7-2)22(20,21)15-10-14(9-8-13(15)5)16(19)17-11-12(3)4/h8-10,12H,6-7,11H2,1-5H3,(H,17,19). The molecule has 0 aromatic heterocycles. The van der Waals surface area contributed by atoms with Crippen molar-refractivity contribution >= 4 is 15.9 Å². The summed E-state index contributed by atoms with van der Waals surface area (Å²) in [4.78, 5) is 12.3. The zero-order chi connectivity index (χ0) is 16.9. The van der Waals surface area contributed by atoms with Crippen molar-refractivity contribution in [3.63, 3.8) is 0 Å². The molecule has 1 aromatic rings. The van der Waals surface area contributed by atoms with Crippen LogP contribution < -0.4 is 5.32 Å². The van der Waals surface area contributed by atoms with Gasteiger partial charge in [-0.15, -0.1) is 0 Å². The lowest BCUT2D eigenvalue weighted by Gasteiger charge is -2.20. The molecule has 0 saturated carbocycles. The minimum Gasteiger partial charge on any atom is -0.352 e. The number of carbonyl (C=O) groups is 1. The van der Waals surface area contributed by atoms with Gasteiger partial charge in [-0.3, -0.25) is 4.79 Å². The van der Waals surface area contributed by atoms with Crippen molar-refractivity contribution in [3.8, 4) is 0 Å². The van der Waals surface area contributed by atoms with E-state index in [1.165, 1.54) is 10.4 Å². The second-order valence-corrected chi connectivity index (χ2v) is 7.58. The highest BCUT2D eigenvalue weighted by molar-refractivity contribution is 7.89. The molecule has 22 heavy (non-hydrogen) atoms. The number of hydrogen-bond acceptors (Lipinski definition) is 3. The third-order valence-electron chi connectivity index (χ3n) is 3.44. The summed E-state index contributed by atoms with van der Waals surface area (Å²) in [5.41, 5.74) is 1.02. The Morgan fingerprint density at radius 1 is 1.23 bits per heavy atom. The first kappa shape index (κ1) is 18.6. The maximum absolute atomic E-state index is 12.7. The molecule has 0 bridgehead atoms. The Bertz CT molecular complexity index is 620. The average Bonchev–Trinajstić information content (AvgIpc) is 2.45. The summed E-state index contributed by atoms with van der Waals surface area (Å²) in [5.74, 6) is 0.0953. The predicted octanol–water partition coefficient (Wildman–Crippen LogP) is 2.41. The van der Waals surface area contributed by atoms with Gasteiger partial charge in [-0.05, 0) is 30.5 Å². The second kappa shape index (κ2) is 7.74. The third kappa shape index (κ3) is 4.30. The van der Waals surface area contributed by atoms with Crippen molar-refractivity contribution in [3.05, 3.63) is 29.3 Å². The SMILES string of the molecule is CCN(CC)S(=O)(=O)c1cc(C(=O)NCC(C)C)ccc1C.